The molecule has 4 N–H and O–H groups in total. The highest BCUT2D eigenvalue weighted by Crippen LogP contribution is 2.22. The molecular weight excluding hydrogens is 239 g/mol. The van der Waals surface area contributed by atoms with E-state index in [4.69, 9.17) is 10.8 Å². The van der Waals surface area contributed by atoms with Crippen LogP contribution in [0.15, 0.2) is 18.2 Å². The lowest BCUT2D eigenvalue weighted by Crippen LogP contribution is -2.42. The Labute approximate surface area is 104 Å². The first-order valence-electron chi connectivity index (χ1n) is 5.41. The largest absolute Gasteiger partial charge is 0.480 e. The molecule has 0 spiro atoms. The van der Waals surface area contributed by atoms with Gasteiger partial charge in [0.2, 0.25) is 5.91 Å². The quantitative estimate of drug-likeness (QED) is 0.744. The van der Waals surface area contributed by atoms with E-state index in [1.54, 1.807) is 6.92 Å². The van der Waals surface area contributed by atoms with E-state index in [9.17, 15) is 14.0 Å². The summed E-state index contributed by atoms with van der Waals surface area (Å²) in [4.78, 5) is 21.9. The first kappa shape index (κ1) is 14.0. The van der Waals surface area contributed by atoms with Crippen LogP contribution in [0.4, 0.5) is 10.1 Å². The van der Waals surface area contributed by atoms with E-state index in [0.29, 0.717) is 0 Å². The van der Waals surface area contributed by atoms with Crippen LogP contribution in [0.1, 0.15) is 30.6 Å². The number of amides is 1. The second-order valence-corrected chi connectivity index (χ2v) is 4.17. The minimum absolute atomic E-state index is 0.0201. The van der Waals surface area contributed by atoms with E-state index in [2.05, 4.69) is 5.32 Å². The van der Waals surface area contributed by atoms with E-state index >= 15 is 0 Å². The highest BCUT2D eigenvalue weighted by atomic mass is 19.1. The van der Waals surface area contributed by atoms with Crippen molar-refractivity contribution in [3.05, 3.63) is 29.6 Å². The number of hydrogen-bond acceptors (Lipinski definition) is 3. The summed E-state index contributed by atoms with van der Waals surface area (Å²) in [7, 11) is 0. The van der Waals surface area contributed by atoms with Crippen molar-refractivity contribution >= 4 is 17.6 Å². The van der Waals surface area contributed by atoms with Crippen LogP contribution in [0, 0.1) is 5.82 Å². The average Bonchev–Trinajstić information content (AvgIpc) is 2.31. The number of rotatable bonds is 5. The number of carbonyl (C=O) groups excluding carboxylic acids is 1. The summed E-state index contributed by atoms with van der Waals surface area (Å²) >= 11 is 0. The highest BCUT2D eigenvalue weighted by Gasteiger charge is 2.31. The topological polar surface area (TPSA) is 92.4 Å². The molecule has 1 rings (SSSR count). The van der Waals surface area contributed by atoms with Gasteiger partial charge in [0.05, 0.1) is 5.69 Å². The maximum Gasteiger partial charge on any atom is 0.329 e. The van der Waals surface area contributed by atoms with Crippen LogP contribution in [-0.4, -0.2) is 22.5 Å². The maximum atomic E-state index is 13.7. The van der Waals surface area contributed by atoms with Crippen molar-refractivity contribution in [3.63, 3.8) is 0 Å². The van der Waals surface area contributed by atoms with Gasteiger partial charge in [-0.3, -0.25) is 4.79 Å². The molecule has 0 aliphatic rings. The van der Waals surface area contributed by atoms with Gasteiger partial charge in [-0.2, -0.15) is 0 Å². The predicted molar refractivity (Wildman–Crippen MR) is 64.9 cm³/mol. The Morgan fingerprint density at radius 1 is 1.50 bits per heavy atom. The van der Waals surface area contributed by atoms with Crippen molar-refractivity contribution in [2.75, 3.05) is 5.32 Å². The van der Waals surface area contributed by atoms with Crippen LogP contribution in [0.3, 0.4) is 0 Å². The lowest BCUT2D eigenvalue weighted by molar-refractivity contribution is -0.141. The smallest absolute Gasteiger partial charge is 0.329 e. The highest BCUT2D eigenvalue weighted by molar-refractivity contribution is 5.93. The zero-order valence-corrected chi connectivity index (χ0v) is 10.2. The van der Waals surface area contributed by atoms with Crippen LogP contribution < -0.4 is 11.1 Å². The molecule has 18 heavy (non-hydrogen) atoms. The Bertz CT molecular complexity index is 490. The third-order valence-corrected chi connectivity index (χ3v) is 2.84. The number of carbonyl (C=O) groups is 2. The normalized spacial score (nSPS) is 13.7. The first-order valence-corrected chi connectivity index (χ1v) is 5.41. The number of carboxylic acid groups (broad SMARTS) is 1. The van der Waals surface area contributed by atoms with Gasteiger partial charge in [-0.1, -0.05) is 6.92 Å². The summed E-state index contributed by atoms with van der Waals surface area (Å²) < 4.78 is 13.7. The van der Waals surface area contributed by atoms with Gasteiger partial charge in [0.1, 0.15) is 11.4 Å². The predicted octanol–water partition coefficient (Wildman–Crippen LogP) is 1.59. The molecule has 5 nitrogen and oxygen atoms in total. The van der Waals surface area contributed by atoms with Crippen molar-refractivity contribution in [3.8, 4) is 0 Å². The number of halogens is 1. The van der Waals surface area contributed by atoms with Gasteiger partial charge in [-0.15, -0.1) is 0 Å². The Morgan fingerprint density at radius 3 is 2.50 bits per heavy atom. The minimum Gasteiger partial charge on any atom is -0.480 e. The Balaban J connectivity index is 3.05. The van der Waals surface area contributed by atoms with Crippen LogP contribution in [-0.2, 0) is 4.79 Å². The molecule has 0 saturated carbocycles. The summed E-state index contributed by atoms with van der Waals surface area (Å²) in [5.74, 6) is -2.53. The summed E-state index contributed by atoms with van der Waals surface area (Å²) in [6.07, 6.45) is 0.277. The number of primary amides is 1. The fourth-order valence-corrected chi connectivity index (χ4v) is 1.36. The van der Waals surface area contributed by atoms with E-state index in [-0.39, 0.29) is 17.7 Å². The fourth-order valence-electron chi connectivity index (χ4n) is 1.36. The van der Waals surface area contributed by atoms with Gasteiger partial charge in [-0.25, -0.2) is 9.18 Å². The van der Waals surface area contributed by atoms with Crippen molar-refractivity contribution < 1.29 is 19.1 Å². The molecule has 0 saturated heterocycles. The van der Waals surface area contributed by atoms with Gasteiger partial charge < -0.3 is 16.2 Å². The zero-order valence-electron chi connectivity index (χ0n) is 10.2. The third-order valence-electron chi connectivity index (χ3n) is 2.84. The molecule has 1 unspecified atom stereocenters. The lowest BCUT2D eigenvalue weighted by Gasteiger charge is -2.26. The second kappa shape index (κ2) is 5.03. The molecule has 6 heteroatoms. The lowest BCUT2D eigenvalue weighted by atomic mass is 9.98. The molecule has 0 heterocycles. The molecule has 1 aromatic rings. The monoisotopic (exact) mass is 254 g/mol. The van der Waals surface area contributed by atoms with E-state index in [1.165, 1.54) is 19.1 Å². The van der Waals surface area contributed by atoms with Gasteiger partial charge in [0.15, 0.2) is 0 Å². The number of benzene rings is 1. The molecule has 1 amide bonds. The Hall–Kier alpha value is -2.11. The van der Waals surface area contributed by atoms with Gasteiger partial charge in [0.25, 0.3) is 0 Å². The third kappa shape index (κ3) is 2.77. The minimum atomic E-state index is -1.27. The van der Waals surface area contributed by atoms with Crippen LogP contribution >= 0.6 is 0 Å². The summed E-state index contributed by atoms with van der Waals surface area (Å²) in [5.41, 5.74) is 3.80. The van der Waals surface area contributed by atoms with Crippen LogP contribution in [0.2, 0.25) is 0 Å². The van der Waals surface area contributed by atoms with Gasteiger partial charge in [-0.05, 0) is 31.5 Å². The molecule has 0 fully saturated rings. The number of hydrogen-bond donors (Lipinski definition) is 3. The molecule has 0 radical (unpaired) electrons. The zero-order chi connectivity index (χ0) is 13.9. The summed E-state index contributed by atoms with van der Waals surface area (Å²) in [6, 6.07) is 3.61. The molecule has 0 aromatic heterocycles. The van der Waals surface area contributed by atoms with Crippen molar-refractivity contribution in [1.82, 2.24) is 0 Å². The van der Waals surface area contributed by atoms with Crippen LogP contribution in [0.25, 0.3) is 0 Å². The van der Waals surface area contributed by atoms with Crippen molar-refractivity contribution in [1.29, 1.82) is 0 Å². The molecular formula is C12H15FN2O3. The Kier molecular flexibility index (Phi) is 3.90. The van der Waals surface area contributed by atoms with Crippen molar-refractivity contribution in [2.24, 2.45) is 5.73 Å². The first-order chi connectivity index (χ1) is 8.30. The number of anilines is 1. The van der Waals surface area contributed by atoms with Gasteiger partial charge in [0, 0.05) is 5.56 Å². The molecule has 98 valence electrons. The number of nitrogens with two attached hydrogens (primary N) is 1. The molecule has 1 atom stereocenters. The number of carboxylic acids is 1. The summed E-state index contributed by atoms with van der Waals surface area (Å²) in [5, 5.41) is 11.7. The molecule has 0 aliphatic heterocycles. The fraction of sp³-hybridized carbons (Fsp3) is 0.333. The Morgan fingerprint density at radius 2 is 2.11 bits per heavy atom. The van der Waals surface area contributed by atoms with Crippen LogP contribution in [0.5, 0.6) is 0 Å². The van der Waals surface area contributed by atoms with E-state index in [1.807, 2.05) is 0 Å². The number of aliphatic carboxylic acids is 1. The standard InChI is InChI=1S/C12H15FN2O3/c1-3-12(2,11(17)18)15-9-5-4-7(10(14)16)6-8(9)13/h4-6,15H,3H2,1-2H3,(H2,14,16)(H,17,18). The van der Waals surface area contributed by atoms with E-state index < -0.39 is 23.2 Å². The second-order valence-electron chi connectivity index (χ2n) is 4.17. The summed E-state index contributed by atoms with van der Waals surface area (Å²) in [6.45, 7) is 3.13. The van der Waals surface area contributed by atoms with E-state index in [0.717, 1.165) is 6.07 Å². The van der Waals surface area contributed by atoms with Crippen molar-refractivity contribution in [2.45, 2.75) is 25.8 Å². The molecule has 0 aliphatic carbocycles. The average molecular weight is 254 g/mol. The number of nitrogens with one attached hydrogen (secondary N) is 1. The maximum absolute atomic E-state index is 13.7. The molecule has 0 bridgehead atoms. The molecule has 1 aromatic carbocycles. The SMILES string of the molecule is CCC(C)(Nc1ccc(C(N)=O)cc1F)C(=O)O. The van der Waals surface area contributed by atoms with Gasteiger partial charge >= 0.3 is 5.97 Å².